The lowest BCUT2D eigenvalue weighted by Gasteiger charge is -2.02. The van der Waals surface area contributed by atoms with Gasteiger partial charge in [-0.25, -0.2) is 8.42 Å². The van der Waals surface area contributed by atoms with Crippen molar-refractivity contribution in [3.8, 4) is 0 Å². The molecular weight excluding hydrogens is 362 g/mol. The summed E-state index contributed by atoms with van der Waals surface area (Å²) in [6, 6.07) is 0. The van der Waals surface area contributed by atoms with E-state index in [1.807, 2.05) is 4.72 Å². The minimum absolute atomic E-state index is 0.280. The highest BCUT2D eigenvalue weighted by Gasteiger charge is 2.36. The van der Waals surface area contributed by atoms with Gasteiger partial charge in [-0.3, -0.25) is 9.52 Å². The number of unbranched alkanes of at least 4 members (excludes halogenated alkanes) is 9. The van der Waals surface area contributed by atoms with Gasteiger partial charge >= 0.3 is 0 Å². The molecule has 1 aliphatic rings. The summed E-state index contributed by atoms with van der Waals surface area (Å²) in [5, 5.41) is 0. The lowest BCUT2D eigenvalue weighted by atomic mass is 10.1. The van der Waals surface area contributed by atoms with Crippen LogP contribution in [0.25, 0.3) is 0 Å². The van der Waals surface area contributed by atoms with Crippen LogP contribution in [0, 0.1) is 0 Å². The van der Waals surface area contributed by atoms with E-state index in [1.165, 1.54) is 44.9 Å². The third-order valence-corrected chi connectivity index (χ3v) is 5.49. The largest absolute Gasteiger partial charge is 0.369 e. The summed E-state index contributed by atoms with van der Waals surface area (Å²) in [6.07, 6.45) is 22.0. The number of amides is 1. The summed E-state index contributed by atoms with van der Waals surface area (Å²) >= 11 is 0. The SMILES string of the molecule is CCCCCCCC[C@H]1O[C@@H]1C/C=C\CCCCCCC(=O)NS(C)(=O)=O. The molecule has 0 bridgehead atoms. The number of nitrogens with one attached hydrogen (secondary N) is 1. The van der Waals surface area contributed by atoms with Crippen LogP contribution >= 0.6 is 0 Å². The third kappa shape index (κ3) is 14.8. The fourth-order valence-corrected chi connectivity index (χ4v) is 3.79. The molecule has 0 spiro atoms. The highest BCUT2D eigenvalue weighted by atomic mass is 32.2. The van der Waals surface area contributed by atoms with Gasteiger partial charge in [0.05, 0.1) is 18.5 Å². The van der Waals surface area contributed by atoms with Crippen LogP contribution in [-0.4, -0.2) is 32.8 Å². The van der Waals surface area contributed by atoms with Crippen LogP contribution in [-0.2, 0) is 19.6 Å². The molecule has 2 atom stereocenters. The molecule has 0 aromatic carbocycles. The predicted molar refractivity (Wildman–Crippen MR) is 111 cm³/mol. The van der Waals surface area contributed by atoms with Gasteiger partial charge < -0.3 is 4.74 Å². The Balaban J connectivity index is 1.86. The monoisotopic (exact) mass is 401 g/mol. The average Bonchev–Trinajstić information content (AvgIpc) is 3.33. The molecule has 0 saturated carbocycles. The van der Waals surface area contributed by atoms with Crippen molar-refractivity contribution in [2.75, 3.05) is 6.26 Å². The van der Waals surface area contributed by atoms with E-state index in [1.54, 1.807) is 0 Å². The van der Waals surface area contributed by atoms with Gasteiger partial charge in [0.15, 0.2) is 0 Å². The van der Waals surface area contributed by atoms with E-state index >= 15 is 0 Å². The van der Waals surface area contributed by atoms with Gasteiger partial charge in [-0.15, -0.1) is 0 Å². The topological polar surface area (TPSA) is 75.8 Å². The van der Waals surface area contributed by atoms with Crippen LogP contribution in [0.5, 0.6) is 0 Å². The van der Waals surface area contributed by atoms with Gasteiger partial charge in [0.2, 0.25) is 15.9 Å². The van der Waals surface area contributed by atoms with E-state index in [9.17, 15) is 13.2 Å². The number of allylic oxidation sites excluding steroid dienone is 1. The Hall–Kier alpha value is -0.880. The molecule has 0 unspecified atom stereocenters. The summed E-state index contributed by atoms with van der Waals surface area (Å²) in [7, 11) is -3.42. The molecular formula is C21H39NO4S. The van der Waals surface area contributed by atoms with Gasteiger partial charge in [0.1, 0.15) is 0 Å². The molecule has 1 heterocycles. The fourth-order valence-electron chi connectivity index (χ4n) is 3.27. The normalized spacial score (nSPS) is 19.5. The van der Waals surface area contributed by atoms with Crippen LogP contribution in [0.15, 0.2) is 12.2 Å². The Morgan fingerprint density at radius 2 is 1.59 bits per heavy atom. The summed E-state index contributed by atoms with van der Waals surface area (Å²) in [6.45, 7) is 2.25. The number of carbonyl (C=O) groups is 1. The lowest BCUT2D eigenvalue weighted by molar-refractivity contribution is -0.119. The van der Waals surface area contributed by atoms with Crippen LogP contribution in [0.3, 0.4) is 0 Å². The highest BCUT2D eigenvalue weighted by Crippen LogP contribution is 2.30. The molecule has 1 saturated heterocycles. The predicted octanol–water partition coefficient (Wildman–Crippen LogP) is 4.87. The van der Waals surface area contributed by atoms with Crippen LogP contribution in [0.1, 0.15) is 96.8 Å². The number of hydrogen-bond donors (Lipinski definition) is 1. The van der Waals surface area contributed by atoms with E-state index in [4.69, 9.17) is 4.74 Å². The summed E-state index contributed by atoms with van der Waals surface area (Å²) in [5.74, 6) is -0.405. The van der Waals surface area contributed by atoms with Crippen molar-refractivity contribution in [2.45, 2.75) is 109 Å². The number of sulfonamides is 1. The molecule has 0 radical (unpaired) electrons. The van der Waals surface area contributed by atoms with Crippen molar-refractivity contribution in [1.82, 2.24) is 4.72 Å². The number of rotatable bonds is 17. The summed E-state index contributed by atoms with van der Waals surface area (Å²) in [5.41, 5.74) is 0. The maximum Gasteiger partial charge on any atom is 0.233 e. The first-order valence-corrected chi connectivity index (χ1v) is 12.6. The molecule has 158 valence electrons. The second-order valence-electron chi connectivity index (χ2n) is 7.73. The Bertz CT molecular complexity index is 530. The van der Waals surface area contributed by atoms with Crippen molar-refractivity contribution >= 4 is 15.9 Å². The zero-order valence-electron chi connectivity index (χ0n) is 17.3. The van der Waals surface area contributed by atoms with Crippen LogP contribution in [0.2, 0.25) is 0 Å². The quantitative estimate of drug-likeness (QED) is 0.214. The second-order valence-corrected chi connectivity index (χ2v) is 9.48. The Morgan fingerprint density at radius 3 is 2.33 bits per heavy atom. The zero-order valence-corrected chi connectivity index (χ0v) is 18.1. The first-order chi connectivity index (χ1) is 12.9. The maximum atomic E-state index is 11.3. The molecule has 5 nitrogen and oxygen atoms in total. The van der Waals surface area contributed by atoms with E-state index in [0.717, 1.165) is 44.8 Å². The Labute approximate surface area is 166 Å². The van der Waals surface area contributed by atoms with E-state index < -0.39 is 15.9 Å². The molecule has 0 aromatic heterocycles. The minimum atomic E-state index is -3.42. The number of ether oxygens (including phenoxy) is 1. The zero-order chi connectivity index (χ0) is 20.0. The van der Waals surface area contributed by atoms with Crippen LogP contribution < -0.4 is 4.72 Å². The van der Waals surface area contributed by atoms with E-state index in [-0.39, 0.29) is 6.42 Å². The lowest BCUT2D eigenvalue weighted by Crippen LogP contribution is -2.28. The van der Waals surface area contributed by atoms with E-state index in [2.05, 4.69) is 19.1 Å². The number of hydrogen-bond acceptors (Lipinski definition) is 4. The number of carbonyl (C=O) groups excluding carboxylic acids is 1. The molecule has 1 amide bonds. The van der Waals surface area contributed by atoms with Gasteiger partial charge in [-0.1, -0.05) is 70.4 Å². The fraction of sp³-hybridized carbons (Fsp3) is 0.857. The summed E-state index contributed by atoms with van der Waals surface area (Å²) in [4.78, 5) is 11.3. The van der Waals surface area contributed by atoms with Gasteiger partial charge in [0.25, 0.3) is 0 Å². The van der Waals surface area contributed by atoms with Crippen molar-refractivity contribution in [2.24, 2.45) is 0 Å². The standard InChI is InChI=1S/C21H39NO4S/c1-3-4-5-6-10-13-16-19-20(26-19)17-14-11-8-7-9-12-15-18-21(23)22-27(2,24)25/h11,14,19-20H,3-10,12-13,15-18H2,1-2H3,(H,22,23)/b14-11-/t19-,20-/m1/s1. The molecule has 1 rings (SSSR count). The molecule has 0 aromatic rings. The molecule has 1 fully saturated rings. The first kappa shape index (κ1) is 24.2. The summed E-state index contributed by atoms with van der Waals surface area (Å²) < 4.78 is 29.5. The number of epoxide rings is 1. The van der Waals surface area contributed by atoms with Crippen molar-refractivity contribution in [3.05, 3.63) is 12.2 Å². The maximum absolute atomic E-state index is 11.3. The highest BCUT2D eigenvalue weighted by molar-refractivity contribution is 7.89. The molecule has 0 aliphatic carbocycles. The Kier molecular flexibility index (Phi) is 12.7. The third-order valence-electron chi connectivity index (χ3n) is 4.89. The molecule has 1 aliphatic heterocycles. The molecule has 6 heteroatoms. The van der Waals surface area contributed by atoms with Crippen molar-refractivity contribution < 1.29 is 17.9 Å². The van der Waals surface area contributed by atoms with Crippen molar-refractivity contribution in [3.63, 3.8) is 0 Å². The van der Waals surface area contributed by atoms with Gasteiger partial charge in [0, 0.05) is 6.42 Å². The van der Waals surface area contributed by atoms with Gasteiger partial charge in [-0.2, -0.15) is 0 Å². The molecule has 1 N–H and O–H groups in total. The van der Waals surface area contributed by atoms with Crippen molar-refractivity contribution in [1.29, 1.82) is 0 Å². The van der Waals surface area contributed by atoms with Gasteiger partial charge in [-0.05, 0) is 32.1 Å². The first-order valence-electron chi connectivity index (χ1n) is 10.7. The second kappa shape index (κ2) is 14.2. The average molecular weight is 402 g/mol. The van der Waals surface area contributed by atoms with Crippen LogP contribution in [0.4, 0.5) is 0 Å². The Morgan fingerprint density at radius 1 is 0.926 bits per heavy atom. The molecule has 27 heavy (non-hydrogen) atoms. The van der Waals surface area contributed by atoms with E-state index in [0.29, 0.717) is 12.2 Å². The smallest absolute Gasteiger partial charge is 0.233 e. The minimum Gasteiger partial charge on any atom is -0.369 e.